The zero-order valence-electron chi connectivity index (χ0n) is 12.8. The molecule has 2 rings (SSSR count). The van der Waals surface area contributed by atoms with Gasteiger partial charge in [0.2, 0.25) is 0 Å². The average Bonchev–Trinajstić information content (AvgIpc) is 2.55. The van der Waals surface area contributed by atoms with Crippen molar-refractivity contribution < 1.29 is 9.36 Å². The van der Waals surface area contributed by atoms with Crippen molar-refractivity contribution in [1.82, 2.24) is 0 Å². The zero-order chi connectivity index (χ0) is 16.8. The van der Waals surface area contributed by atoms with Gasteiger partial charge < -0.3 is 0 Å². The second kappa shape index (κ2) is 8.59. The predicted molar refractivity (Wildman–Crippen MR) is 96.2 cm³/mol. The lowest BCUT2D eigenvalue weighted by molar-refractivity contribution is 0.103. The third kappa shape index (κ3) is 4.20. The van der Waals surface area contributed by atoms with Crippen LogP contribution in [0.1, 0.15) is 53.3 Å². The van der Waals surface area contributed by atoms with Gasteiger partial charge in [-0.25, -0.2) is 0 Å². The topological polar surface area (TPSA) is 34.1 Å². The van der Waals surface area contributed by atoms with Crippen LogP contribution in [0, 0.1) is 0 Å². The van der Waals surface area contributed by atoms with Crippen LogP contribution in [0.2, 0.25) is 10.0 Å². The van der Waals surface area contributed by atoms with Crippen LogP contribution < -0.4 is 0 Å². The van der Waals surface area contributed by atoms with Gasteiger partial charge in [-0.05, 0) is 24.1 Å². The molecule has 2 aromatic carbocycles. The summed E-state index contributed by atoms with van der Waals surface area (Å²) in [7, 11) is 0.0196. The summed E-state index contributed by atoms with van der Waals surface area (Å²) in [5.74, 6) is -0.235. The van der Waals surface area contributed by atoms with Crippen LogP contribution in [-0.2, 0) is 4.57 Å². The molecule has 2 nitrogen and oxygen atoms in total. The second-order valence-electron chi connectivity index (χ2n) is 5.28. The highest BCUT2D eigenvalue weighted by Crippen LogP contribution is 2.36. The van der Waals surface area contributed by atoms with Crippen molar-refractivity contribution in [1.29, 1.82) is 0 Å². The largest absolute Gasteiger partial charge is 0.288 e. The smallest absolute Gasteiger partial charge is 0.196 e. The first-order chi connectivity index (χ1) is 11.1. The molecule has 0 aliphatic rings. The van der Waals surface area contributed by atoms with Crippen LogP contribution in [0.5, 0.6) is 0 Å². The van der Waals surface area contributed by atoms with Crippen molar-refractivity contribution in [3.63, 3.8) is 0 Å². The number of hydrogen-bond donors (Lipinski definition) is 0. The summed E-state index contributed by atoms with van der Waals surface area (Å²) in [6.07, 6.45) is 2.73. The Balaban J connectivity index is 2.48. The summed E-state index contributed by atoms with van der Waals surface area (Å²) in [6.45, 7) is 2.08. The molecule has 0 saturated heterocycles. The quantitative estimate of drug-likeness (QED) is 0.401. The van der Waals surface area contributed by atoms with Crippen molar-refractivity contribution in [2.24, 2.45) is 0 Å². The molecule has 0 N–H and O–H groups in total. The Labute approximate surface area is 148 Å². The van der Waals surface area contributed by atoms with E-state index in [1.807, 2.05) is 12.1 Å². The maximum Gasteiger partial charge on any atom is 0.196 e. The fourth-order valence-electron chi connectivity index (χ4n) is 2.51. The minimum atomic E-state index is -0.235. The monoisotopic (exact) mass is 366 g/mol. The van der Waals surface area contributed by atoms with Gasteiger partial charge in [0, 0.05) is 5.56 Å². The first-order valence-electron chi connectivity index (χ1n) is 7.50. The SMILES string of the molecule is CCCCC(P=O)c1ccccc1C(=O)c1c(Cl)cccc1Cl. The van der Waals surface area contributed by atoms with E-state index in [-0.39, 0.29) is 19.9 Å². The van der Waals surface area contributed by atoms with Crippen LogP contribution >= 0.6 is 31.7 Å². The lowest BCUT2D eigenvalue weighted by Gasteiger charge is -2.15. The standard InChI is InChI=1S/C18H17Cl2O2P/c1-2-3-11-16(23-22)12-7-4-5-8-13(12)18(21)17-14(19)9-6-10-15(17)20/h4-10,16H,2-3,11H2,1H3. The van der Waals surface area contributed by atoms with Crippen molar-refractivity contribution in [2.75, 3.05) is 0 Å². The molecular weight excluding hydrogens is 350 g/mol. The van der Waals surface area contributed by atoms with Crippen LogP contribution in [-0.4, -0.2) is 5.78 Å². The number of rotatable bonds is 7. The summed E-state index contributed by atoms with van der Waals surface area (Å²) in [5.41, 5.74) is 1.38. The molecule has 0 aliphatic heterocycles. The Kier molecular flexibility index (Phi) is 6.77. The Morgan fingerprint density at radius 2 is 1.74 bits per heavy atom. The zero-order valence-corrected chi connectivity index (χ0v) is 15.2. The van der Waals surface area contributed by atoms with Gasteiger partial charge >= 0.3 is 0 Å². The molecule has 0 spiro atoms. The van der Waals surface area contributed by atoms with Gasteiger partial charge in [-0.15, -0.1) is 0 Å². The molecule has 23 heavy (non-hydrogen) atoms. The summed E-state index contributed by atoms with van der Waals surface area (Å²) < 4.78 is 11.6. The number of benzene rings is 2. The third-order valence-electron chi connectivity index (χ3n) is 3.71. The summed E-state index contributed by atoms with van der Waals surface area (Å²) in [4.78, 5) is 12.9. The highest BCUT2D eigenvalue weighted by atomic mass is 35.5. The molecule has 0 saturated carbocycles. The van der Waals surface area contributed by atoms with E-state index < -0.39 is 0 Å². The Bertz CT molecular complexity index is 696. The van der Waals surface area contributed by atoms with Gasteiger partial charge in [-0.2, -0.15) is 0 Å². The van der Waals surface area contributed by atoms with Gasteiger partial charge in [-0.3, -0.25) is 9.36 Å². The van der Waals surface area contributed by atoms with E-state index in [0.717, 1.165) is 24.8 Å². The van der Waals surface area contributed by atoms with Crippen LogP contribution in [0.4, 0.5) is 0 Å². The molecule has 0 radical (unpaired) electrons. The minimum absolute atomic E-state index is 0.0196. The molecule has 5 heteroatoms. The molecular formula is C18H17Cl2O2P. The fraction of sp³-hybridized carbons (Fsp3) is 0.278. The number of halogens is 2. The lowest BCUT2D eigenvalue weighted by atomic mass is 9.94. The minimum Gasteiger partial charge on any atom is -0.288 e. The van der Waals surface area contributed by atoms with E-state index in [1.54, 1.807) is 30.3 Å². The van der Waals surface area contributed by atoms with E-state index in [0.29, 0.717) is 21.2 Å². The van der Waals surface area contributed by atoms with E-state index in [1.165, 1.54) is 0 Å². The van der Waals surface area contributed by atoms with E-state index in [2.05, 4.69) is 6.92 Å². The fourth-order valence-corrected chi connectivity index (χ4v) is 3.70. The lowest BCUT2D eigenvalue weighted by Crippen LogP contribution is -2.08. The predicted octanol–water partition coefficient (Wildman–Crippen LogP) is 6.75. The Morgan fingerprint density at radius 1 is 1.09 bits per heavy atom. The third-order valence-corrected chi connectivity index (χ3v) is 5.13. The molecule has 120 valence electrons. The van der Waals surface area contributed by atoms with E-state index in [9.17, 15) is 9.36 Å². The highest BCUT2D eigenvalue weighted by Gasteiger charge is 2.23. The molecule has 0 aromatic heterocycles. The molecule has 2 aromatic rings. The first-order valence-corrected chi connectivity index (χ1v) is 9.14. The van der Waals surface area contributed by atoms with Gasteiger partial charge in [0.25, 0.3) is 0 Å². The number of hydrogen-bond acceptors (Lipinski definition) is 2. The van der Waals surface area contributed by atoms with Crippen molar-refractivity contribution in [3.05, 3.63) is 69.2 Å². The van der Waals surface area contributed by atoms with Gasteiger partial charge in [0.15, 0.2) is 14.2 Å². The number of unbranched alkanes of at least 4 members (excludes halogenated alkanes) is 1. The maximum atomic E-state index is 12.9. The molecule has 1 atom stereocenters. The second-order valence-corrected chi connectivity index (χ2v) is 6.93. The van der Waals surface area contributed by atoms with E-state index in [4.69, 9.17) is 23.2 Å². The van der Waals surface area contributed by atoms with Gasteiger partial charge in [-0.1, -0.05) is 73.3 Å². The molecule has 1 unspecified atom stereocenters. The average molecular weight is 367 g/mol. The van der Waals surface area contributed by atoms with Crippen molar-refractivity contribution in [2.45, 2.75) is 31.8 Å². The Hall–Kier alpha value is -1.21. The number of ketones is 1. The van der Waals surface area contributed by atoms with Crippen LogP contribution in [0.15, 0.2) is 42.5 Å². The van der Waals surface area contributed by atoms with Gasteiger partial charge in [0.05, 0.1) is 21.3 Å². The van der Waals surface area contributed by atoms with Crippen molar-refractivity contribution >= 4 is 37.4 Å². The van der Waals surface area contributed by atoms with Crippen LogP contribution in [0.25, 0.3) is 0 Å². The van der Waals surface area contributed by atoms with Gasteiger partial charge in [0.1, 0.15) is 0 Å². The molecule has 0 heterocycles. The van der Waals surface area contributed by atoms with Crippen molar-refractivity contribution in [3.8, 4) is 0 Å². The van der Waals surface area contributed by atoms with E-state index >= 15 is 0 Å². The maximum absolute atomic E-state index is 12.9. The molecule has 0 aliphatic carbocycles. The van der Waals surface area contributed by atoms with Crippen LogP contribution in [0.3, 0.4) is 0 Å². The summed E-state index contributed by atoms with van der Waals surface area (Å²) in [5, 5.41) is 0.643. The highest BCUT2D eigenvalue weighted by molar-refractivity contribution is 7.24. The number of carbonyl (C=O) groups excluding carboxylic acids is 1. The normalized spacial score (nSPS) is 12.3. The first kappa shape index (κ1) is 18.1. The summed E-state index contributed by atoms with van der Waals surface area (Å²) in [6, 6.07) is 12.2. The number of carbonyl (C=O) groups is 1. The summed E-state index contributed by atoms with van der Waals surface area (Å²) >= 11 is 12.3. The Morgan fingerprint density at radius 3 is 2.35 bits per heavy atom. The molecule has 0 amide bonds. The molecule has 0 bridgehead atoms. The molecule has 0 fully saturated rings.